The van der Waals surface area contributed by atoms with Gasteiger partial charge in [-0.2, -0.15) is 0 Å². The SMILES string of the molecule is C1=Cc2c(sc3c2ccc2c3c3ncccc3n2-c2cccc(-c3ccc4c(c3)C3(c5ccccc5-c5ccccc53)c3ccccc3-4)c2)CC1. The highest BCUT2D eigenvalue weighted by Crippen LogP contribution is 2.63. The lowest BCUT2D eigenvalue weighted by molar-refractivity contribution is 0.794. The lowest BCUT2D eigenvalue weighted by Gasteiger charge is -2.30. The van der Waals surface area contributed by atoms with Crippen molar-refractivity contribution in [2.75, 3.05) is 0 Å². The first kappa shape index (κ1) is 27.8. The van der Waals surface area contributed by atoms with Crippen LogP contribution in [-0.4, -0.2) is 9.55 Å². The van der Waals surface area contributed by atoms with Crippen molar-refractivity contribution in [2.45, 2.75) is 18.3 Å². The van der Waals surface area contributed by atoms with Crippen molar-refractivity contribution in [3.8, 4) is 39.1 Å². The molecule has 0 saturated carbocycles. The largest absolute Gasteiger partial charge is 0.308 e. The zero-order valence-corrected chi connectivity index (χ0v) is 28.5. The first-order valence-electron chi connectivity index (χ1n) is 17.9. The quantitative estimate of drug-likeness (QED) is 0.180. The fourth-order valence-electron chi connectivity index (χ4n) is 9.69. The molecule has 0 saturated heterocycles. The van der Waals surface area contributed by atoms with Gasteiger partial charge in [0, 0.05) is 32.2 Å². The Morgan fingerprint density at radius 2 is 1.29 bits per heavy atom. The van der Waals surface area contributed by atoms with Gasteiger partial charge in [-0.1, -0.05) is 115 Å². The molecule has 0 unspecified atom stereocenters. The summed E-state index contributed by atoms with van der Waals surface area (Å²) in [6.45, 7) is 0. The number of allylic oxidation sites excluding steroid dienone is 1. The molecule has 51 heavy (non-hydrogen) atoms. The molecule has 238 valence electrons. The third-order valence-corrected chi connectivity index (χ3v) is 13.0. The van der Waals surface area contributed by atoms with Crippen LogP contribution in [0.15, 0.2) is 152 Å². The van der Waals surface area contributed by atoms with Crippen molar-refractivity contribution in [3.05, 3.63) is 184 Å². The summed E-state index contributed by atoms with van der Waals surface area (Å²) in [6.07, 6.45) is 8.80. The van der Waals surface area contributed by atoms with Gasteiger partial charge in [-0.25, -0.2) is 0 Å². The normalized spacial score (nSPS) is 14.6. The number of fused-ring (bicyclic) bond motifs is 17. The van der Waals surface area contributed by atoms with E-state index in [1.165, 1.54) is 87.1 Å². The number of thiophene rings is 1. The summed E-state index contributed by atoms with van der Waals surface area (Å²) in [5.41, 5.74) is 18.8. The average molecular weight is 667 g/mol. The summed E-state index contributed by atoms with van der Waals surface area (Å²) in [4.78, 5) is 6.49. The molecule has 2 nitrogen and oxygen atoms in total. The lowest BCUT2D eigenvalue weighted by Crippen LogP contribution is -2.25. The topological polar surface area (TPSA) is 17.8 Å². The predicted molar refractivity (Wildman–Crippen MR) is 213 cm³/mol. The molecular weight excluding hydrogens is 637 g/mol. The van der Waals surface area contributed by atoms with Gasteiger partial charge in [-0.15, -0.1) is 11.3 Å². The molecule has 6 aromatic carbocycles. The average Bonchev–Trinajstić information content (AvgIpc) is 3.91. The molecule has 0 atom stereocenters. The van der Waals surface area contributed by atoms with Crippen LogP contribution in [0, 0.1) is 0 Å². The van der Waals surface area contributed by atoms with E-state index in [-0.39, 0.29) is 5.41 Å². The Hall–Kier alpha value is -6.03. The molecule has 0 N–H and O–H groups in total. The minimum Gasteiger partial charge on any atom is -0.308 e. The van der Waals surface area contributed by atoms with E-state index in [1.54, 1.807) is 0 Å². The van der Waals surface area contributed by atoms with E-state index in [1.807, 2.05) is 17.5 Å². The molecule has 9 aromatic rings. The van der Waals surface area contributed by atoms with Gasteiger partial charge in [-0.3, -0.25) is 4.98 Å². The van der Waals surface area contributed by atoms with Gasteiger partial charge >= 0.3 is 0 Å². The van der Waals surface area contributed by atoms with Crippen molar-refractivity contribution >= 4 is 49.4 Å². The molecular formula is C48H30N2S. The van der Waals surface area contributed by atoms with Crippen LogP contribution in [0.4, 0.5) is 0 Å². The first-order chi connectivity index (χ1) is 25.3. The van der Waals surface area contributed by atoms with E-state index in [0.717, 1.165) is 29.6 Å². The molecule has 0 aliphatic heterocycles. The summed E-state index contributed by atoms with van der Waals surface area (Å²) >= 11 is 1.95. The molecule has 0 fully saturated rings. The number of pyridine rings is 1. The minimum atomic E-state index is -0.355. The van der Waals surface area contributed by atoms with Crippen molar-refractivity contribution in [1.82, 2.24) is 9.55 Å². The molecule has 0 amide bonds. The number of hydrogen-bond donors (Lipinski definition) is 0. The second-order valence-electron chi connectivity index (χ2n) is 14.1. The number of aryl methyl sites for hydroxylation is 1. The smallest absolute Gasteiger partial charge is 0.0977 e. The van der Waals surface area contributed by atoms with Crippen LogP contribution >= 0.6 is 11.3 Å². The van der Waals surface area contributed by atoms with Crippen molar-refractivity contribution in [3.63, 3.8) is 0 Å². The third-order valence-electron chi connectivity index (χ3n) is 11.7. The fourth-order valence-corrected chi connectivity index (χ4v) is 11.0. The maximum atomic E-state index is 5.00. The van der Waals surface area contributed by atoms with Gasteiger partial charge < -0.3 is 4.57 Å². The van der Waals surface area contributed by atoms with Gasteiger partial charge in [0.2, 0.25) is 0 Å². The molecule has 3 aliphatic carbocycles. The summed E-state index contributed by atoms with van der Waals surface area (Å²) in [5.74, 6) is 0. The summed E-state index contributed by atoms with van der Waals surface area (Å²) in [7, 11) is 0. The maximum Gasteiger partial charge on any atom is 0.0977 e. The molecule has 12 rings (SSSR count). The van der Waals surface area contributed by atoms with E-state index in [2.05, 4.69) is 156 Å². The number of nitrogens with zero attached hydrogens (tertiary/aromatic N) is 2. The van der Waals surface area contributed by atoms with Gasteiger partial charge in [0.25, 0.3) is 0 Å². The molecule has 0 radical (unpaired) electrons. The maximum absolute atomic E-state index is 5.00. The highest BCUT2D eigenvalue weighted by Gasteiger charge is 2.51. The molecule has 3 aliphatic rings. The Morgan fingerprint density at radius 1 is 0.588 bits per heavy atom. The van der Waals surface area contributed by atoms with Crippen LogP contribution in [0.3, 0.4) is 0 Å². The van der Waals surface area contributed by atoms with Crippen LogP contribution in [-0.2, 0) is 11.8 Å². The molecule has 3 heterocycles. The monoisotopic (exact) mass is 666 g/mol. The van der Waals surface area contributed by atoms with Crippen LogP contribution in [0.5, 0.6) is 0 Å². The van der Waals surface area contributed by atoms with E-state index < -0.39 is 0 Å². The van der Waals surface area contributed by atoms with E-state index in [0.29, 0.717) is 0 Å². The second kappa shape index (κ2) is 10.0. The van der Waals surface area contributed by atoms with Crippen LogP contribution in [0.1, 0.15) is 39.1 Å². The standard InChI is InChI=1S/C48H30N2S/c1-5-17-38-32(13-1)33-14-2-6-18-39(33)48(38)40-19-7-3-15-34(40)35-23-22-30(28-41(35)48)29-11-9-12-31(27-29)50-42-25-24-37-36-16-4-8-21-44(36)51-47(37)45(42)46-43(50)20-10-26-49-46/h1-7,9-20,22-28H,8,21H2. The number of aromatic nitrogens is 2. The Balaban J connectivity index is 1.08. The Labute approximate surface area is 299 Å². The van der Waals surface area contributed by atoms with Gasteiger partial charge in [0.15, 0.2) is 0 Å². The van der Waals surface area contributed by atoms with Gasteiger partial charge in [0.1, 0.15) is 0 Å². The van der Waals surface area contributed by atoms with Crippen molar-refractivity contribution < 1.29 is 0 Å². The highest BCUT2D eigenvalue weighted by molar-refractivity contribution is 7.20. The van der Waals surface area contributed by atoms with E-state index in [4.69, 9.17) is 4.98 Å². The summed E-state index contributed by atoms with van der Waals surface area (Å²) in [5, 5.41) is 2.61. The third kappa shape index (κ3) is 3.49. The molecule has 0 bridgehead atoms. The molecule has 3 aromatic heterocycles. The van der Waals surface area contributed by atoms with E-state index in [9.17, 15) is 0 Å². The van der Waals surface area contributed by atoms with Crippen LogP contribution in [0.25, 0.3) is 77.2 Å². The zero-order valence-electron chi connectivity index (χ0n) is 27.7. The number of hydrogen-bond acceptors (Lipinski definition) is 2. The predicted octanol–water partition coefficient (Wildman–Crippen LogP) is 12.4. The zero-order chi connectivity index (χ0) is 33.3. The fraction of sp³-hybridized carbons (Fsp3) is 0.0625. The minimum absolute atomic E-state index is 0.355. The second-order valence-corrected chi connectivity index (χ2v) is 15.2. The lowest BCUT2D eigenvalue weighted by atomic mass is 9.70. The van der Waals surface area contributed by atoms with Gasteiger partial charge in [0.05, 0.1) is 22.0 Å². The van der Waals surface area contributed by atoms with Gasteiger partial charge in [-0.05, 0) is 110 Å². The summed E-state index contributed by atoms with van der Waals surface area (Å²) < 4.78 is 3.77. The Morgan fingerprint density at radius 3 is 2.06 bits per heavy atom. The van der Waals surface area contributed by atoms with Crippen LogP contribution < -0.4 is 0 Å². The summed E-state index contributed by atoms with van der Waals surface area (Å²) in [6, 6.07) is 52.3. The number of benzene rings is 6. The van der Waals surface area contributed by atoms with Crippen LogP contribution in [0.2, 0.25) is 0 Å². The number of rotatable bonds is 2. The van der Waals surface area contributed by atoms with E-state index >= 15 is 0 Å². The van der Waals surface area contributed by atoms with Crippen molar-refractivity contribution in [2.24, 2.45) is 0 Å². The Kier molecular flexibility index (Phi) is 5.46. The Bertz CT molecular complexity index is 2930. The highest BCUT2D eigenvalue weighted by atomic mass is 32.1. The first-order valence-corrected chi connectivity index (χ1v) is 18.7. The molecule has 1 spiro atoms. The molecule has 3 heteroatoms. The van der Waals surface area contributed by atoms with Crippen molar-refractivity contribution in [1.29, 1.82) is 0 Å².